The first-order chi connectivity index (χ1) is 4.29. The molecule has 0 aromatic carbocycles. The lowest BCUT2D eigenvalue weighted by atomic mass is 10.1. The van der Waals surface area contributed by atoms with Crippen LogP contribution < -0.4 is 0 Å². The zero-order chi connectivity index (χ0) is 7.28. The fourth-order valence-corrected chi connectivity index (χ4v) is 1.69. The van der Waals surface area contributed by atoms with Gasteiger partial charge in [-0.05, 0) is 25.2 Å². The molecule has 0 spiro atoms. The minimum atomic E-state index is 0.718. The van der Waals surface area contributed by atoms with E-state index in [1.54, 1.807) is 0 Å². The fourth-order valence-electron chi connectivity index (χ4n) is 1.18. The predicted octanol–water partition coefficient (Wildman–Crippen LogP) is 3.13. The van der Waals surface area contributed by atoms with Gasteiger partial charge in [-0.25, -0.2) is 0 Å². The van der Waals surface area contributed by atoms with Crippen molar-refractivity contribution in [2.24, 2.45) is 5.92 Å². The fraction of sp³-hybridized carbons (Fsp3) is 1.00. The average Bonchev–Trinajstić information content (AvgIpc) is 2.20. The normalized spacial score (nSPS) is 33.3. The molecule has 0 aromatic rings. The zero-order valence-electron chi connectivity index (χ0n) is 6.72. The first-order valence-corrected chi connectivity index (χ1v) is 4.48. The Morgan fingerprint density at radius 1 is 1.22 bits per heavy atom. The van der Waals surface area contributed by atoms with Gasteiger partial charge in [0.1, 0.15) is 0 Å². The minimum absolute atomic E-state index is 0.718. The van der Waals surface area contributed by atoms with E-state index in [9.17, 15) is 0 Å². The van der Waals surface area contributed by atoms with Crippen molar-refractivity contribution in [3.63, 3.8) is 0 Å². The van der Waals surface area contributed by atoms with Gasteiger partial charge in [-0.15, -0.1) is 0 Å². The van der Waals surface area contributed by atoms with Crippen molar-refractivity contribution >= 4 is 12.6 Å². The van der Waals surface area contributed by atoms with Crippen LogP contribution in [0.4, 0.5) is 0 Å². The molecule has 0 radical (unpaired) electrons. The second kappa shape index (κ2) is 5.16. The maximum atomic E-state index is 4.35. The highest BCUT2D eigenvalue weighted by molar-refractivity contribution is 7.80. The smallest absolute Gasteiger partial charge is 0.00194 e. The summed E-state index contributed by atoms with van der Waals surface area (Å²) in [5.41, 5.74) is 0. The summed E-state index contributed by atoms with van der Waals surface area (Å²) in [6.45, 7) is 6.30. The molecule has 0 heterocycles. The van der Waals surface area contributed by atoms with Crippen molar-refractivity contribution in [2.75, 3.05) is 0 Å². The molecule has 0 aromatic heterocycles. The lowest BCUT2D eigenvalue weighted by Crippen LogP contribution is -1.88. The van der Waals surface area contributed by atoms with E-state index < -0.39 is 0 Å². The van der Waals surface area contributed by atoms with Gasteiger partial charge in [0.05, 0.1) is 0 Å². The van der Waals surface area contributed by atoms with Crippen molar-refractivity contribution in [2.45, 2.75) is 45.3 Å². The van der Waals surface area contributed by atoms with Gasteiger partial charge in [0, 0.05) is 5.25 Å². The van der Waals surface area contributed by atoms with Crippen LogP contribution in [0.5, 0.6) is 0 Å². The number of rotatable bonds is 0. The minimum Gasteiger partial charge on any atom is -0.176 e. The third kappa shape index (κ3) is 3.85. The summed E-state index contributed by atoms with van der Waals surface area (Å²) < 4.78 is 0. The SMILES string of the molecule is CC.CC1CCC(S)C1. The van der Waals surface area contributed by atoms with E-state index in [1.807, 2.05) is 13.8 Å². The van der Waals surface area contributed by atoms with Crippen LogP contribution in [0.3, 0.4) is 0 Å². The highest BCUT2D eigenvalue weighted by Gasteiger charge is 2.16. The highest BCUT2D eigenvalue weighted by atomic mass is 32.1. The molecule has 0 amide bonds. The monoisotopic (exact) mass is 146 g/mol. The predicted molar refractivity (Wildman–Crippen MR) is 47.1 cm³/mol. The molecule has 1 fully saturated rings. The Balaban J connectivity index is 0.000000291. The third-order valence-corrected chi connectivity index (χ3v) is 2.14. The molecule has 0 aliphatic heterocycles. The van der Waals surface area contributed by atoms with Gasteiger partial charge < -0.3 is 0 Å². The van der Waals surface area contributed by atoms with Gasteiger partial charge in [0.15, 0.2) is 0 Å². The molecular weight excluding hydrogens is 128 g/mol. The van der Waals surface area contributed by atoms with Crippen molar-refractivity contribution in [1.29, 1.82) is 0 Å². The molecule has 1 aliphatic rings. The van der Waals surface area contributed by atoms with Crippen LogP contribution in [-0.2, 0) is 0 Å². The lowest BCUT2D eigenvalue weighted by molar-refractivity contribution is 0.614. The van der Waals surface area contributed by atoms with Crippen LogP contribution in [-0.4, -0.2) is 5.25 Å². The Hall–Kier alpha value is 0.350. The molecule has 1 heteroatoms. The van der Waals surface area contributed by atoms with Crippen LogP contribution in [0.25, 0.3) is 0 Å². The molecule has 56 valence electrons. The average molecular weight is 146 g/mol. The third-order valence-electron chi connectivity index (χ3n) is 1.67. The first kappa shape index (κ1) is 9.35. The van der Waals surface area contributed by atoms with Crippen molar-refractivity contribution in [3.05, 3.63) is 0 Å². The van der Waals surface area contributed by atoms with Gasteiger partial charge >= 0.3 is 0 Å². The second-order valence-corrected chi connectivity index (χ2v) is 3.30. The van der Waals surface area contributed by atoms with E-state index in [-0.39, 0.29) is 0 Å². The van der Waals surface area contributed by atoms with E-state index in [0.717, 1.165) is 11.2 Å². The Morgan fingerprint density at radius 3 is 1.89 bits per heavy atom. The van der Waals surface area contributed by atoms with Crippen LogP contribution in [0.2, 0.25) is 0 Å². The molecule has 1 saturated carbocycles. The summed E-state index contributed by atoms with van der Waals surface area (Å²) in [4.78, 5) is 0. The molecule has 1 aliphatic carbocycles. The molecule has 9 heavy (non-hydrogen) atoms. The molecule has 0 nitrogen and oxygen atoms in total. The van der Waals surface area contributed by atoms with Gasteiger partial charge in [-0.2, -0.15) is 12.6 Å². The summed E-state index contributed by atoms with van der Waals surface area (Å²) in [7, 11) is 0. The zero-order valence-corrected chi connectivity index (χ0v) is 7.62. The van der Waals surface area contributed by atoms with Crippen LogP contribution >= 0.6 is 12.6 Å². The number of hydrogen-bond acceptors (Lipinski definition) is 1. The topological polar surface area (TPSA) is 0 Å². The maximum absolute atomic E-state index is 4.35. The van der Waals surface area contributed by atoms with Gasteiger partial charge in [0.25, 0.3) is 0 Å². The molecule has 2 unspecified atom stereocenters. The van der Waals surface area contributed by atoms with Crippen LogP contribution in [0, 0.1) is 5.92 Å². The Labute approximate surface area is 64.4 Å². The van der Waals surface area contributed by atoms with Gasteiger partial charge in [-0.1, -0.05) is 20.8 Å². The molecular formula is C8H18S. The van der Waals surface area contributed by atoms with E-state index in [4.69, 9.17) is 0 Å². The van der Waals surface area contributed by atoms with E-state index in [1.165, 1.54) is 19.3 Å². The van der Waals surface area contributed by atoms with E-state index >= 15 is 0 Å². The van der Waals surface area contributed by atoms with E-state index in [0.29, 0.717) is 0 Å². The standard InChI is InChI=1S/C6H12S.C2H6/c1-5-2-3-6(7)4-5;1-2/h5-7H,2-4H2,1H3;1-2H3. The second-order valence-electron chi connectivity index (χ2n) is 2.57. The molecule has 2 atom stereocenters. The summed E-state index contributed by atoms with van der Waals surface area (Å²) in [6, 6.07) is 0. The number of hydrogen-bond donors (Lipinski definition) is 1. The summed E-state index contributed by atoms with van der Waals surface area (Å²) in [5, 5.41) is 0.718. The van der Waals surface area contributed by atoms with Crippen molar-refractivity contribution in [3.8, 4) is 0 Å². The highest BCUT2D eigenvalue weighted by Crippen LogP contribution is 2.27. The van der Waals surface area contributed by atoms with Gasteiger partial charge in [-0.3, -0.25) is 0 Å². The van der Waals surface area contributed by atoms with Gasteiger partial charge in [0.2, 0.25) is 0 Å². The Bertz CT molecular complexity index is 53.6. The Kier molecular flexibility index (Phi) is 5.36. The summed E-state index contributed by atoms with van der Waals surface area (Å²) >= 11 is 4.35. The van der Waals surface area contributed by atoms with Crippen molar-refractivity contribution < 1.29 is 0 Å². The quantitative estimate of drug-likeness (QED) is 0.499. The first-order valence-electron chi connectivity index (χ1n) is 3.97. The summed E-state index contributed by atoms with van der Waals surface area (Å²) in [5.74, 6) is 0.947. The molecule has 0 N–H and O–H groups in total. The Morgan fingerprint density at radius 2 is 1.78 bits per heavy atom. The number of thiol groups is 1. The van der Waals surface area contributed by atoms with Crippen LogP contribution in [0.1, 0.15) is 40.0 Å². The molecule has 0 saturated heterocycles. The maximum Gasteiger partial charge on any atom is 0.00194 e. The lowest BCUT2D eigenvalue weighted by Gasteiger charge is -1.95. The largest absolute Gasteiger partial charge is 0.176 e. The van der Waals surface area contributed by atoms with Crippen molar-refractivity contribution in [1.82, 2.24) is 0 Å². The van der Waals surface area contributed by atoms with E-state index in [2.05, 4.69) is 19.6 Å². The molecule has 1 rings (SSSR count). The van der Waals surface area contributed by atoms with Crippen LogP contribution in [0.15, 0.2) is 0 Å². The summed E-state index contributed by atoms with van der Waals surface area (Å²) in [6.07, 6.45) is 4.07. The molecule has 0 bridgehead atoms.